The van der Waals surface area contributed by atoms with Crippen molar-refractivity contribution in [3.8, 4) is 0 Å². The maximum absolute atomic E-state index is 12.0. The number of nitrogens with zero attached hydrogens (tertiary/aromatic N) is 2. The molecule has 3 saturated heterocycles. The van der Waals surface area contributed by atoms with E-state index in [1.165, 1.54) is 4.90 Å². The predicted octanol–water partition coefficient (Wildman–Crippen LogP) is 4.84. The second-order valence-corrected chi connectivity index (χ2v) is 16.7. The lowest BCUT2D eigenvalue weighted by atomic mass is 9.82. The zero-order valence-corrected chi connectivity index (χ0v) is 34.3. The number of amides is 1. The van der Waals surface area contributed by atoms with Crippen molar-refractivity contribution in [1.29, 1.82) is 0 Å². The van der Waals surface area contributed by atoms with Gasteiger partial charge in [0.1, 0.15) is 28.5 Å². The van der Waals surface area contributed by atoms with E-state index in [9.17, 15) is 35.4 Å². The molecule has 0 aliphatic carbocycles. The summed E-state index contributed by atoms with van der Waals surface area (Å²) in [6, 6.07) is 20.7. The van der Waals surface area contributed by atoms with Crippen LogP contribution in [0, 0.1) is 0 Å². The van der Waals surface area contributed by atoms with Crippen LogP contribution in [-0.2, 0) is 21.5 Å². The van der Waals surface area contributed by atoms with E-state index in [2.05, 4.69) is 19.5 Å². The number of hydrogen-bond donors (Lipinski definition) is 7. The molecule has 0 spiro atoms. The highest BCUT2D eigenvalue weighted by molar-refractivity contribution is 7.16. The molecule has 11 nitrogen and oxygen atoms in total. The van der Waals surface area contributed by atoms with Crippen LogP contribution in [0.4, 0.5) is 4.79 Å². The van der Waals surface area contributed by atoms with E-state index < -0.39 is 46.8 Å². The fraction of sp³-hybridized carbons (Fsp3) is 0.513. The van der Waals surface area contributed by atoms with Crippen molar-refractivity contribution in [2.45, 2.75) is 80.7 Å². The number of aliphatic hydroxyl groups is 6. The third-order valence-corrected chi connectivity index (χ3v) is 11.3. The van der Waals surface area contributed by atoms with Crippen molar-refractivity contribution < 1.29 is 40.2 Å². The van der Waals surface area contributed by atoms with Crippen LogP contribution in [0.5, 0.6) is 0 Å². The molecule has 3 aromatic rings. The van der Waals surface area contributed by atoms with Crippen LogP contribution in [0.15, 0.2) is 72.8 Å². The van der Waals surface area contributed by atoms with Gasteiger partial charge in [0.15, 0.2) is 0 Å². The van der Waals surface area contributed by atoms with Crippen molar-refractivity contribution in [2.75, 3.05) is 45.6 Å². The van der Waals surface area contributed by atoms with Crippen molar-refractivity contribution in [3.05, 3.63) is 105 Å². The number of β-amino-alcohol motifs (C(OH)–C–C–N with tert-alkyl or cyclic N) is 3. The van der Waals surface area contributed by atoms with Crippen molar-refractivity contribution >= 4 is 50.1 Å². The number of halogens is 3. The summed E-state index contributed by atoms with van der Waals surface area (Å²) in [5, 5.41) is 66.8. The van der Waals surface area contributed by atoms with Gasteiger partial charge in [-0.3, -0.25) is 4.90 Å². The van der Waals surface area contributed by atoms with E-state index in [1.54, 1.807) is 93.6 Å². The molecule has 6 rings (SSSR count). The van der Waals surface area contributed by atoms with Gasteiger partial charge in [-0.2, -0.15) is 0 Å². The van der Waals surface area contributed by atoms with Gasteiger partial charge >= 0.3 is 6.09 Å². The first-order valence-corrected chi connectivity index (χ1v) is 19.9. The number of carbonyl (C=O) groups excluding carboxylic acids is 1. The third-order valence-electron chi connectivity index (χ3n) is 10.0. The highest BCUT2D eigenvalue weighted by Crippen LogP contribution is 2.36. The van der Waals surface area contributed by atoms with Gasteiger partial charge in [-0.1, -0.05) is 71.2 Å². The molecule has 3 aliphatic rings. The topological polar surface area (TPSA) is 166 Å². The van der Waals surface area contributed by atoms with Gasteiger partial charge in [0, 0.05) is 54.0 Å². The number of carbonyl (C=O) groups is 1. The number of ether oxygens (including phenoxy) is 1. The Balaban J connectivity index is 0.000000184. The molecule has 0 bridgehead atoms. The maximum Gasteiger partial charge on any atom is 0.410 e. The number of nitrogens with one attached hydrogen (secondary N) is 1. The largest absolute Gasteiger partial charge is 0.444 e. The Labute approximate surface area is 335 Å². The number of aliphatic hydroxyl groups excluding tert-OH is 3. The number of hydrogen-bond acceptors (Lipinski definition) is 10. The molecule has 3 heterocycles. The van der Waals surface area contributed by atoms with Crippen LogP contribution in [0.2, 0.25) is 15.1 Å². The Morgan fingerprint density at radius 2 is 1.13 bits per heavy atom. The van der Waals surface area contributed by atoms with Gasteiger partial charge in [0.25, 0.3) is 0 Å². The lowest BCUT2D eigenvalue weighted by Gasteiger charge is -2.42. The predicted molar refractivity (Wildman–Crippen MR) is 215 cm³/mol. The summed E-state index contributed by atoms with van der Waals surface area (Å²) >= 11 is 17.4. The second kappa shape index (κ2) is 18.9. The molecule has 3 fully saturated rings. The molecule has 0 radical (unpaired) electrons. The molecule has 3 aromatic carbocycles. The summed E-state index contributed by atoms with van der Waals surface area (Å²) in [5.74, 6) is 0. The van der Waals surface area contributed by atoms with E-state index in [4.69, 9.17) is 39.5 Å². The highest BCUT2D eigenvalue weighted by atomic mass is 35.5. The van der Waals surface area contributed by atoms with E-state index in [1.807, 2.05) is 0 Å². The number of piperidine rings is 3. The smallest absolute Gasteiger partial charge is 0.410 e. The first-order valence-electron chi connectivity index (χ1n) is 17.9. The summed E-state index contributed by atoms with van der Waals surface area (Å²) in [6.45, 7) is 8.08. The first-order chi connectivity index (χ1) is 25.3. The summed E-state index contributed by atoms with van der Waals surface area (Å²) in [7, 11) is 2.63. The first kappa shape index (κ1) is 44.6. The summed E-state index contributed by atoms with van der Waals surface area (Å²) in [5.41, 5.74) is -2.22. The Hall–Kier alpha value is -2.09. The van der Waals surface area contributed by atoms with E-state index in [-0.39, 0.29) is 13.0 Å². The lowest BCUT2D eigenvalue weighted by molar-refractivity contribution is -0.123. The molecule has 7 N–H and O–H groups in total. The standard InChI is InChI=1S/C16H22ClNO4.C12H17ClNO2P.C11H14ClNO2/c1-15(2,3)22-14(20)18-9-8-16(21,13(19)10-18)11-4-6-12(17)7-5-11;13-10-3-1-9(2-4-10)12(16)5-6-14(8-17)7-11(12)15;12-9-3-1-8(2-4-9)11(15)5-6-13-7-10(11)14/h4-7,13,19,21H,8-10H2,1-3H3;1-4,11,15-16H,5-8,17H2;1-4,10,13-15H,5-7H2/t13-,16-;11-,12-;10-,11-/m111/s1. The zero-order valence-electron chi connectivity index (χ0n) is 30.8. The minimum absolute atomic E-state index is 0.0219. The Bertz CT molecular complexity index is 1650. The molecule has 7 atom stereocenters. The Morgan fingerprint density at radius 3 is 1.50 bits per heavy atom. The molecule has 298 valence electrons. The molecule has 0 saturated carbocycles. The quantitative estimate of drug-likeness (QED) is 0.181. The summed E-state index contributed by atoms with van der Waals surface area (Å²) in [6.07, 6.45) is -1.02. The van der Waals surface area contributed by atoms with Crippen molar-refractivity contribution in [1.82, 2.24) is 15.1 Å². The van der Waals surface area contributed by atoms with Gasteiger partial charge in [-0.05, 0) is 93.2 Å². The molecule has 54 heavy (non-hydrogen) atoms. The molecular weight excluding hydrogens is 776 g/mol. The Morgan fingerprint density at radius 1 is 0.722 bits per heavy atom. The molecule has 15 heteroatoms. The van der Waals surface area contributed by atoms with Gasteiger partial charge in [0.05, 0.1) is 18.8 Å². The number of benzene rings is 3. The number of likely N-dealkylation sites (tertiary alicyclic amines) is 2. The monoisotopic (exact) mass is 827 g/mol. The van der Waals surface area contributed by atoms with Crippen LogP contribution in [-0.4, -0.2) is 116 Å². The third kappa shape index (κ3) is 11.3. The highest BCUT2D eigenvalue weighted by Gasteiger charge is 2.44. The summed E-state index contributed by atoms with van der Waals surface area (Å²) in [4.78, 5) is 15.6. The van der Waals surface area contributed by atoms with Gasteiger partial charge in [0.2, 0.25) is 0 Å². The minimum Gasteiger partial charge on any atom is -0.444 e. The fourth-order valence-corrected chi connectivity index (χ4v) is 7.35. The average Bonchev–Trinajstić information content (AvgIpc) is 3.12. The van der Waals surface area contributed by atoms with Crippen LogP contribution in [0.1, 0.15) is 56.7 Å². The zero-order chi connectivity index (χ0) is 39.9. The molecule has 1 unspecified atom stereocenters. The van der Waals surface area contributed by atoms with E-state index >= 15 is 0 Å². The lowest BCUT2D eigenvalue weighted by Crippen LogP contribution is -2.55. The molecular formula is C39H53Cl3N3O8P. The van der Waals surface area contributed by atoms with Crippen LogP contribution in [0.25, 0.3) is 0 Å². The van der Waals surface area contributed by atoms with E-state index in [0.29, 0.717) is 59.7 Å². The van der Waals surface area contributed by atoms with Gasteiger partial charge in [-0.25, -0.2) is 4.79 Å². The van der Waals surface area contributed by atoms with Gasteiger partial charge in [-0.15, -0.1) is 9.24 Å². The van der Waals surface area contributed by atoms with Crippen LogP contribution >= 0.6 is 44.0 Å². The number of rotatable bonds is 4. The molecule has 3 aliphatic heterocycles. The second-order valence-electron chi connectivity index (χ2n) is 15.0. The average molecular weight is 829 g/mol. The van der Waals surface area contributed by atoms with E-state index in [0.717, 1.165) is 24.0 Å². The molecule has 1 amide bonds. The SMILES string of the molecule is CC(C)(C)OC(=O)N1CC[C@@](O)(c2ccc(Cl)cc2)[C@H](O)C1.O[C@@H]1CN(CP)CC[C@@]1(O)c1ccc(Cl)cc1.O[C@@H]1CNCC[C@@]1(O)c1ccc(Cl)cc1. The van der Waals surface area contributed by atoms with Crippen molar-refractivity contribution in [2.24, 2.45) is 0 Å². The van der Waals surface area contributed by atoms with Crippen LogP contribution < -0.4 is 5.32 Å². The minimum atomic E-state index is -1.39. The van der Waals surface area contributed by atoms with Crippen LogP contribution in [0.3, 0.4) is 0 Å². The normalized spacial score (nSPS) is 28.9. The summed E-state index contributed by atoms with van der Waals surface area (Å²) < 4.78 is 5.29. The van der Waals surface area contributed by atoms with Gasteiger partial charge < -0.3 is 45.6 Å². The fourth-order valence-electron chi connectivity index (χ4n) is 6.64. The Kier molecular flexibility index (Phi) is 15.6. The maximum atomic E-state index is 12.0. The van der Waals surface area contributed by atoms with Crippen molar-refractivity contribution in [3.63, 3.8) is 0 Å². The molecule has 0 aromatic heterocycles.